The highest BCUT2D eigenvalue weighted by Crippen LogP contribution is 2.30. The van der Waals surface area contributed by atoms with Gasteiger partial charge in [-0.15, -0.1) is 0 Å². The summed E-state index contributed by atoms with van der Waals surface area (Å²) in [5.41, 5.74) is 6.44. The Kier molecular flexibility index (Phi) is 3.69. The number of halogens is 1. The van der Waals surface area contributed by atoms with Gasteiger partial charge >= 0.3 is 0 Å². The van der Waals surface area contributed by atoms with Gasteiger partial charge in [0.15, 0.2) is 0 Å². The number of rotatable bonds is 3. The molecule has 2 unspecified atom stereocenters. The lowest BCUT2D eigenvalue weighted by Crippen LogP contribution is -2.26. The van der Waals surface area contributed by atoms with Gasteiger partial charge < -0.3 is 15.6 Å². The van der Waals surface area contributed by atoms with Gasteiger partial charge in [0.1, 0.15) is 11.9 Å². The summed E-state index contributed by atoms with van der Waals surface area (Å²) >= 11 is 6.03. The minimum Gasteiger partial charge on any atom is -0.487 e. The Balaban J connectivity index is 2.17. The van der Waals surface area contributed by atoms with Gasteiger partial charge in [0, 0.05) is 17.1 Å². The molecule has 0 aliphatic heterocycles. The lowest BCUT2D eigenvalue weighted by molar-refractivity contribution is 0.0598. The lowest BCUT2D eigenvalue weighted by atomic mass is 10.2. The van der Waals surface area contributed by atoms with Crippen LogP contribution in [-0.2, 0) is 6.54 Å². The first kappa shape index (κ1) is 11.7. The Hall–Kier alpha value is -0.770. The van der Waals surface area contributed by atoms with Crippen molar-refractivity contribution in [2.45, 2.75) is 38.0 Å². The van der Waals surface area contributed by atoms with Gasteiger partial charge in [0.05, 0.1) is 6.10 Å². The van der Waals surface area contributed by atoms with E-state index in [4.69, 9.17) is 22.1 Å². The summed E-state index contributed by atoms with van der Waals surface area (Å²) in [6.07, 6.45) is 2.21. The molecular formula is C12H16ClNO2. The first-order valence-electron chi connectivity index (χ1n) is 5.54. The molecule has 0 heterocycles. The van der Waals surface area contributed by atoms with Crippen LogP contribution < -0.4 is 10.5 Å². The molecule has 1 aliphatic rings. The molecule has 0 spiro atoms. The third-order valence-corrected chi connectivity index (χ3v) is 3.33. The summed E-state index contributed by atoms with van der Waals surface area (Å²) in [4.78, 5) is 0. The molecule has 1 aromatic rings. The Morgan fingerprint density at radius 1 is 1.44 bits per heavy atom. The van der Waals surface area contributed by atoms with Crippen molar-refractivity contribution >= 4 is 11.6 Å². The van der Waals surface area contributed by atoms with E-state index in [0.717, 1.165) is 24.8 Å². The van der Waals surface area contributed by atoms with Gasteiger partial charge in [-0.1, -0.05) is 17.7 Å². The van der Waals surface area contributed by atoms with E-state index >= 15 is 0 Å². The molecule has 0 saturated heterocycles. The highest BCUT2D eigenvalue weighted by molar-refractivity contribution is 6.31. The predicted molar refractivity (Wildman–Crippen MR) is 63.6 cm³/mol. The van der Waals surface area contributed by atoms with Gasteiger partial charge in [-0.3, -0.25) is 0 Å². The molecule has 4 heteroatoms. The number of nitrogens with two attached hydrogens (primary N) is 1. The van der Waals surface area contributed by atoms with Gasteiger partial charge in [-0.25, -0.2) is 0 Å². The van der Waals surface area contributed by atoms with Crippen molar-refractivity contribution in [1.29, 1.82) is 0 Å². The third kappa shape index (κ3) is 2.32. The molecule has 3 N–H and O–H groups in total. The molecule has 2 atom stereocenters. The molecule has 88 valence electrons. The van der Waals surface area contributed by atoms with E-state index in [0.29, 0.717) is 17.3 Å². The molecule has 0 bridgehead atoms. The zero-order valence-electron chi connectivity index (χ0n) is 9.03. The number of hydrogen-bond acceptors (Lipinski definition) is 3. The van der Waals surface area contributed by atoms with Crippen molar-refractivity contribution < 1.29 is 9.84 Å². The smallest absolute Gasteiger partial charge is 0.125 e. The van der Waals surface area contributed by atoms with Crippen LogP contribution in [0.2, 0.25) is 5.02 Å². The molecule has 2 rings (SSSR count). The Morgan fingerprint density at radius 2 is 2.25 bits per heavy atom. The molecule has 0 radical (unpaired) electrons. The number of aliphatic hydroxyl groups is 1. The molecule has 1 aromatic carbocycles. The maximum absolute atomic E-state index is 9.69. The van der Waals surface area contributed by atoms with E-state index in [1.54, 1.807) is 6.07 Å². The molecule has 0 aromatic heterocycles. The number of aliphatic hydroxyl groups excluding tert-OH is 1. The number of ether oxygens (including phenoxy) is 1. The second-order valence-electron chi connectivity index (χ2n) is 4.08. The van der Waals surface area contributed by atoms with Gasteiger partial charge in [0.2, 0.25) is 0 Å². The topological polar surface area (TPSA) is 55.5 Å². The quantitative estimate of drug-likeness (QED) is 0.852. The summed E-state index contributed by atoms with van der Waals surface area (Å²) in [6, 6.07) is 5.47. The summed E-state index contributed by atoms with van der Waals surface area (Å²) in [7, 11) is 0. The predicted octanol–water partition coefficient (Wildman–Crippen LogP) is 2.09. The summed E-state index contributed by atoms with van der Waals surface area (Å²) in [5, 5.41) is 10.3. The van der Waals surface area contributed by atoms with Crippen LogP contribution in [-0.4, -0.2) is 17.3 Å². The Labute approximate surface area is 100 Å². The maximum atomic E-state index is 9.69. The average molecular weight is 242 g/mol. The first-order valence-corrected chi connectivity index (χ1v) is 5.92. The molecule has 3 nitrogen and oxygen atoms in total. The van der Waals surface area contributed by atoms with Crippen LogP contribution in [0.5, 0.6) is 5.75 Å². The Morgan fingerprint density at radius 3 is 2.88 bits per heavy atom. The van der Waals surface area contributed by atoms with Crippen molar-refractivity contribution in [3.8, 4) is 5.75 Å². The zero-order chi connectivity index (χ0) is 11.5. The van der Waals surface area contributed by atoms with Crippen molar-refractivity contribution in [1.82, 2.24) is 0 Å². The van der Waals surface area contributed by atoms with Gasteiger partial charge in [-0.2, -0.15) is 0 Å². The van der Waals surface area contributed by atoms with E-state index in [1.165, 1.54) is 0 Å². The van der Waals surface area contributed by atoms with Crippen LogP contribution in [0, 0.1) is 0 Å². The summed E-state index contributed by atoms with van der Waals surface area (Å²) in [5.74, 6) is 0.695. The normalized spacial score (nSPS) is 24.7. The fourth-order valence-corrected chi connectivity index (χ4v) is 2.30. The van der Waals surface area contributed by atoms with E-state index in [2.05, 4.69) is 0 Å². The van der Waals surface area contributed by atoms with Crippen molar-refractivity contribution in [2.75, 3.05) is 0 Å². The Bertz CT molecular complexity index is 370. The first-order chi connectivity index (χ1) is 7.72. The van der Waals surface area contributed by atoms with Gasteiger partial charge in [0.25, 0.3) is 0 Å². The summed E-state index contributed by atoms with van der Waals surface area (Å²) < 4.78 is 5.78. The summed E-state index contributed by atoms with van der Waals surface area (Å²) in [6.45, 7) is 0.345. The SMILES string of the molecule is NCc1c(Cl)cccc1OC1CCCC1O. The lowest BCUT2D eigenvalue weighted by Gasteiger charge is -2.19. The number of hydrogen-bond donors (Lipinski definition) is 2. The second kappa shape index (κ2) is 5.04. The van der Waals surface area contributed by atoms with Crippen LogP contribution >= 0.6 is 11.6 Å². The van der Waals surface area contributed by atoms with E-state index in [1.807, 2.05) is 12.1 Å². The van der Waals surface area contributed by atoms with E-state index < -0.39 is 0 Å². The fourth-order valence-electron chi connectivity index (χ4n) is 2.05. The van der Waals surface area contributed by atoms with Crippen molar-refractivity contribution in [3.63, 3.8) is 0 Å². The van der Waals surface area contributed by atoms with Crippen LogP contribution in [0.4, 0.5) is 0 Å². The largest absolute Gasteiger partial charge is 0.487 e. The highest BCUT2D eigenvalue weighted by atomic mass is 35.5. The number of benzene rings is 1. The van der Waals surface area contributed by atoms with Gasteiger partial charge in [-0.05, 0) is 31.4 Å². The monoisotopic (exact) mass is 241 g/mol. The van der Waals surface area contributed by atoms with E-state index in [9.17, 15) is 5.11 Å². The minimum absolute atomic E-state index is 0.122. The minimum atomic E-state index is -0.371. The highest BCUT2D eigenvalue weighted by Gasteiger charge is 2.27. The van der Waals surface area contributed by atoms with Crippen molar-refractivity contribution in [3.05, 3.63) is 28.8 Å². The molecule has 1 aliphatic carbocycles. The van der Waals surface area contributed by atoms with Crippen molar-refractivity contribution in [2.24, 2.45) is 5.73 Å². The maximum Gasteiger partial charge on any atom is 0.125 e. The van der Waals surface area contributed by atoms with E-state index in [-0.39, 0.29) is 12.2 Å². The fraction of sp³-hybridized carbons (Fsp3) is 0.500. The molecule has 0 amide bonds. The molecule has 1 saturated carbocycles. The second-order valence-corrected chi connectivity index (χ2v) is 4.48. The van der Waals surface area contributed by atoms with Crippen LogP contribution in [0.25, 0.3) is 0 Å². The third-order valence-electron chi connectivity index (χ3n) is 2.98. The molecule has 16 heavy (non-hydrogen) atoms. The van der Waals surface area contributed by atoms with Crippen LogP contribution in [0.3, 0.4) is 0 Å². The van der Waals surface area contributed by atoms with Crippen LogP contribution in [0.15, 0.2) is 18.2 Å². The average Bonchev–Trinajstić information content (AvgIpc) is 2.65. The van der Waals surface area contributed by atoms with Crippen LogP contribution in [0.1, 0.15) is 24.8 Å². The standard InChI is InChI=1S/C12H16ClNO2/c13-9-3-1-5-11(8(9)7-14)16-12-6-2-4-10(12)15/h1,3,5,10,12,15H,2,4,6-7,14H2. The molecule has 1 fully saturated rings. The zero-order valence-corrected chi connectivity index (χ0v) is 9.78. The molecular weight excluding hydrogens is 226 g/mol.